The number of aromatic hydroxyl groups is 3. The molecule has 24 nitrogen and oxygen atoms in total. The monoisotopic (exact) mass is 1000 g/mol. The number of quaternary nitrogens is 1. The molecule has 1 fully saturated rings. The number of allylic oxidation sites excluding steroid dienone is 3. The van der Waals surface area contributed by atoms with Crippen LogP contribution in [0.4, 0.5) is 5.69 Å². The van der Waals surface area contributed by atoms with Crippen LogP contribution in [0.25, 0.3) is 11.0 Å². The maximum absolute atomic E-state index is 14.5. The van der Waals surface area contributed by atoms with Gasteiger partial charge in [0.1, 0.15) is 40.7 Å². The third kappa shape index (κ3) is 8.35. The maximum Gasteiger partial charge on any atom is 0.364 e. The Balaban J connectivity index is 1.22. The molecule has 380 valence electrons. The molecule has 1 saturated heterocycles. The van der Waals surface area contributed by atoms with Gasteiger partial charge in [-0.3, -0.25) is 24.0 Å². The van der Waals surface area contributed by atoms with E-state index in [1.54, 1.807) is 0 Å². The number of aryl methyl sites for hydroxylation is 1. The van der Waals surface area contributed by atoms with Crippen LogP contribution >= 0.6 is 0 Å². The summed E-state index contributed by atoms with van der Waals surface area (Å²) in [5.74, 6) is -12.0. The average Bonchev–Trinajstić information content (AvgIpc) is 3.33. The smallest absolute Gasteiger partial charge is 0.364 e. The number of benzene rings is 2. The molecular formula is C48H48N4O20. The summed E-state index contributed by atoms with van der Waals surface area (Å²) in [5, 5.41) is 72.4. The SMILES string of the molecule is COc1ccc2c(O)c(NC(=O)c3cc(O[C@@H]4C[C@](C)([NH+]([O-])O)[C@H](OC)[C@@H](C)O4)c(O)c(C(=O)OC4[C@H](O)C(=O)[C@]5(C)CNC6=C(O5)C(=O)c5c(cc(C)c(O)c5C(=O)C(C)=C[C@@H]4C)C6=O)n3)c(=O)oc2c1. The van der Waals surface area contributed by atoms with Gasteiger partial charge < -0.3 is 69.1 Å². The van der Waals surface area contributed by atoms with Crippen LogP contribution in [0.3, 0.4) is 0 Å². The van der Waals surface area contributed by atoms with E-state index < -0.39 is 164 Å². The summed E-state index contributed by atoms with van der Waals surface area (Å²) < 4.78 is 39.5. The zero-order chi connectivity index (χ0) is 52.6. The molecule has 8 N–H and O–H groups in total. The minimum Gasteiger partial charge on any atom is -0.600 e. The van der Waals surface area contributed by atoms with Crippen molar-refractivity contribution in [3.63, 3.8) is 0 Å². The first-order valence-corrected chi connectivity index (χ1v) is 22.1. The lowest BCUT2D eigenvalue weighted by Crippen LogP contribution is -3.16. The molecule has 1 aliphatic carbocycles. The number of aromatic nitrogens is 1. The maximum atomic E-state index is 14.5. The second-order valence-corrected chi connectivity index (χ2v) is 18.2. The van der Waals surface area contributed by atoms with Crippen LogP contribution < -0.4 is 31.0 Å². The molecule has 0 saturated carbocycles. The summed E-state index contributed by atoms with van der Waals surface area (Å²) in [4.78, 5) is 102. The topological polar surface area (TPSA) is 354 Å². The number of nitrogens with one attached hydrogen (secondary N) is 3. The number of esters is 1. The number of amides is 1. The Hall–Kier alpha value is -7.74. The number of pyridine rings is 1. The normalized spacial score (nSPS) is 26.6. The molecule has 2 aromatic carbocycles. The van der Waals surface area contributed by atoms with Crippen molar-refractivity contribution in [1.29, 1.82) is 0 Å². The molecule has 5 heterocycles. The molecule has 2 unspecified atom stereocenters. The van der Waals surface area contributed by atoms with Crippen LogP contribution in [-0.4, -0.2) is 128 Å². The van der Waals surface area contributed by atoms with Gasteiger partial charge in [0, 0.05) is 30.7 Å². The molecule has 3 bridgehead atoms. The fourth-order valence-electron chi connectivity index (χ4n) is 9.34. The van der Waals surface area contributed by atoms with Gasteiger partial charge in [-0.2, -0.15) is 0 Å². The number of carbonyl (C=O) groups excluding carboxylic acids is 6. The van der Waals surface area contributed by atoms with E-state index in [0.717, 1.165) is 12.1 Å². The summed E-state index contributed by atoms with van der Waals surface area (Å²) >= 11 is 0. The summed E-state index contributed by atoms with van der Waals surface area (Å²) in [6.07, 6.45) is -7.18. The molecule has 72 heavy (non-hydrogen) atoms. The number of hydrogen-bond acceptors (Lipinski definition) is 22. The highest BCUT2D eigenvalue weighted by molar-refractivity contribution is 6.31. The van der Waals surface area contributed by atoms with Crippen molar-refractivity contribution in [3.05, 3.63) is 103 Å². The molecule has 9 atom stereocenters. The highest BCUT2D eigenvalue weighted by atomic mass is 16.8. The summed E-state index contributed by atoms with van der Waals surface area (Å²) in [7, 11) is 2.64. The molecular weight excluding hydrogens is 953 g/mol. The van der Waals surface area contributed by atoms with Gasteiger partial charge in [0.15, 0.2) is 57.4 Å². The number of anilines is 1. The number of ether oxygens (including phenoxy) is 6. The molecule has 8 rings (SSSR count). The predicted molar refractivity (Wildman–Crippen MR) is 243 cm³/mol. The van der Waals surface area contributed by atoms with E-state index in [1.807, 2.05) is 0 Å². The first kappa shape index (κ1) is 50.6. The highest BCUT2D eigenvalue weighted by Gasteiger charge is 2.54. The minimum absolute atomic E-state index is 0.0393. The predicted octanol–water partition coefficient (Wildman–Crippen LogP) is 1.84. The quantitative estimate of drug-likeness (QED) is 0.0673. The van der Waals surface area contributed by atoms with Crippen molar-refractivity contribution in [2.75, 3.05) is 26.1 Å². The van der Waals surface area contributed by atoms with E-state index in [-0.39, 0.29) is 39.1 Å². The Morgan fingerprint density at radius 2 is 1.67 bits per heavy atom. The van der Waals surface area contributed by atoms with Crippen LogP contribution in [0.5, 0.6) is 28.7 Å². The number of hydrogen-bond donors (Lipinski definition) is 8. The third-order valence-electron chi connectivity index (χ3n) is 13.2. The van der Waals surface area contributed by atoms with Crippen LogP contribution in [-0.2, 0) is 23.7 Å². The number of phenolic OH excluding ortho intramolecular Hbond substituents is 1. The van der Waals surface area contributed by atoms with E-state index in [4.69, 9.17) is 32.8 Å². The zero-order valence-corrected chi connectivity index (χ0v) is 39.6. The molecule has 24 heteroatoms. The van der Waals surface area contributed by atoms with Crippen molar-refractivity contribution in [3.8, 4) is 28.7 Å². The number of carbonyl (C=O) groups is 6. The number of methoxy groups -OCH3 is 2. The van der Waals surface area contributed by atoms with Crippen molar-refractivity contribution in [2.45, 2.75) is 89.8 Å². The highest BCUT2D eigenvalue weighted by Crippen LogP contribution is 2.42. The number of Topliss-reactive ketones (excluding diaryl/α,β-unsaturated/α-hetero) is 4. The lowest BCUT2D eigenvalue weighted by molar-refractivity contribution is -1.09. The molecule has 2 aromatic heterocycles. The van der Waals surface area contributed by atoms with Gasteiger partial charge >= 0.3 is 11.6 Å². The van der Waals surface area contributed by atoms with Crippen molar-refractivity contribution in [1.82, 2.24) is 10.3 Å². The third-order valence-corrected chi connectivity index (χ3v) is 13.2. The molecule has 4 aliphatic rings. The Bertz CT molecular complexity index is 3160. The summed E-state index contributed by atoms with van der Waals surface area (Å²) in [6, 6.07) is 6.10. The molecule has 0 radical (unpaired) electrons. The number of fused-ring (bicyclic) bond motifs is 2. The lowest BCUT2D eigenvalue weighted by Gasteiger charge is -2.47. The van der Waals surface area contributed by atoms with E-state index in [2.05, 4.69) is 15.6 Å². The van der Waals surface area contributed by atoms with Crippen LogP contribution in [0.1, 0.15) is 98.7 Å². The molecule has 0 spiro atoms. The minimum atomic E-state index is -2.39. The first-order valence-electron chi connectivity index (χ1n) is 22.1. The number of phenols is 1. The van der Waals surface area contributed by atoms with Gasteiger partial charge in [-0.15, -0.1) is 0 Å². The van der Waals surface area contributed by atoms with E-state index in [9.17, 15) is 64.4 Å². The Kier molecular flexibility index (Phi) is 13.0. The molecule has 4 aromatic rings. The van der Waals surface area contributed by atoms with Gasteiger partial charge in [-0.05, 0) is 64.0 Å². The number of aliphatic hydroxyl groups excluding tert-OH is 1. The Morgan fingerprint density at radius 3 is 2.33 bits per heavy atom. The van der Waals surface area contributed by atoms with E-state index in [0.29, 0.717) is 0 Å². The zero-order valence-electron chi connectivity index (χ0n) is 39.6. The standard InChI is InChI=1S/C48H48N4O20/c1-17-11-19(3)40(39(59)42(60)48(6)16-49-30-36(56)23-12-18(2)34(54)29(33(17)53)28(23)38(58)41(30)72-48)71-46(63)32-37(57)26(69-27-15-47(5,52(64)65)43(67-8)20(4)68-27)14-24(50-32)44(61)51-31-35(55)22-10-9-21(66-7)13-25(22)70-45(31)62/h9-14,19-20,27,39-40,43,49,52,54-55,57,59,64H,15-16H2,1-8H3,(H,51,61)/t19-,20+,27+,39-,40?,43+,47-,48-/m0/s1. The van der Waals surface area contributed by atoms with Crippen LogP contribution in [0.2, 0.25) is 0 Å². The van der Waals surface area contributed by atoms with Crippen molar-refractivity contribution < 1.29 is 92.5 Å². The van der Waals surface area contributed by atoms with Crippen LogP contribution in [0.15, 0.2) is 62.6 Å². The van der Waals surface area contributed by atoms with Crippen LogP contribution in [0, 0.1) is 18.0 Å². The fraction of sp³-hybridized carbons (Fsp3) is 0.375. The van der Waals surface area contributed by atoms with Gasteiger partial charge in [-0.25, -0.2) is 25.0 Å². The average molecular weight is 1000 g/mol. The van der Waals surface area contributed by atoms with Gasteiger partial charge in [-0.1, -0.05) is 13.0 Å². The lowest BCUT2D eigenvalue weighted by atomic mass is 9.82. The number of rotatable bonds is 9. The second kappa shape index (κ2) is 18.5. The van der Waals surface area contributed by atoms with E-state index in [1.165, 1.54) is 80.0 Å². The second-order valence-electron chi connectivity index (χ2n) is 18.2. The van der Waals surface area contributed by atoms with E-state index >= 15 is 0 Å². The number of nitrogens with zero attached hydrogens (tertiary/aromatic N) is 1. The number of aliphatic hydroxyl groups is 1. The Morgan fingerprint density at radius 1 is 0.958 bits per heavy atom. The van der Waals surface area contributed by atoms with Gasteiger partial charge in [0.05, 0.1) is 42.7 Å². The summed E-state index contributed by atoms with van der Waals surface area (Å²) in [5.41, 5.74) is -9.73. The first-order chi connectivity index (χ1) is 33.8. The van der Waals surface area contributed by atoms with Gasteiger partial charge in [0.25, 0.3) is 5.91 Å². The molecule has 1 amide bonds. The molecule has 3 aliphatic heterocycles. The number of ketones is 4. The fourth-order valence-corrected chi connectivity index (χ4v) is 9.34. The Labute approximate surface area is 406 Å². The van der Waals surface area contributed by atoms with Crippen molar-refractivity contribution in [2.24, 2.45) is 5.92 Å². The van der Waals surface area contributed by atoms with Crippen molar-refractivity contribution >= 4 is 51.7 Å². The summed E-state index contributed by atoms with van der Waals surface area (Å²) in [6.45, 7) is 7.51. The van der Waals surface area contributed by atoms with Gasteiger partial charge in [0.2, 0.25) is 23.6 Å². The number of hydroxylamine groups is 2. The largest absolute Gasteiger partial charge is 0.600 e.